The molecule has 1 N–H and O–H groups in total. The normalized spacial score (nSPS) is 15.4. The highest BCUT2D eigenvalue weighted by molar-refractivity contribution is 5.87. The molecule has 0 aliphatic carbocycles. The number of nitrogens with one attached hydrogen (secondary N) is 1. The van der Waals surface area contributed by atoms with Crippen LogP contribution in [0, 0.1) is 13.8 Å². The SMILES string of the molecule is CCN1CCc2nc3c(C)cc(C)cc3c(CNC)c2C1. The molecule has 1 aromatic carbocycles. The Hall–Kier alpha value is -1.45. The Balaban J connectivity index is 2.27. The first-order valence-electron chi connectivity index (χ1n) is 7.92. The third-order valence-corrected chi connectivity index (χ3v) is 4.58. The number of likely N-dealkylation sites (N-methyl/N-ethyl adjacent to an activating group) is 1. The van der Waals surface area contributed by atoms with Gasteiger partial charge in [0.15, 0.2) is 0 Å². The van der Waals surface area contributed by atoms with Gasteiger partial charge in [-0.2, -0.15) is 0 Å². The van der Waals surface area contributed by atoms with Gasteiger partial charge in [0.05, 0.1) is 5.52 Å². The van der Waals surface area contributed by atoms with Crippen molar-refractivity contribution in [3.63, 3.8) is 0 Å². The van der Waals surface area contributed by atoms with Gasteiger partial charge in [0, 0.05) is 37.1 Å². The van der Waals surface area contributed by atoms with E-state index < -0.39 is 0 Å². The molecular formula is C18H25N3. The zero-order valence-electron chi connectivity index (χ0n) is 13.6. The molecule has 112 valence electrons. The van der Waals surface area contributed by atoms with Crippen LogP contribution >= 0.6 is 0 Å². The minimum Gasteiger partial charge on any atom is -0.316 e. The molecule has 0 saturated carbocycles. The number of aromatic nitrogens is 1. The number of fused-ring (bicyclic) bond motifs is 2. The number of nitrogens with zero attached hydrogens (tertiary/aromatic N) is 2. The summed E-state index contributed by atoms with van der Waals surface area (Å²) in [6.45, 7) is 10.8. The molecule has 0 saturated heterocycles. The Bertz CT molecular complexity index is 676. The fourth-order valence-electron chi connectivity index (χ4n) is 3.49. The van der Waals surface area contributed by atoms with Gasteiger partial charge in [-0.05, 0) is 50.2 Å². The van der Waals surface area contributed by atoms with E-state index in [1.807, 2.05) is 7.05 Å². The smallest absolute Gasteiger partial charge is 0.0738 e. The maximum atomic E-state index is 5.01. The number of hydrogen-bond acceptors (Lipinski definition) is 3. The van der Waals surface area contributed by atoms with Gasteiger partial charge in [-0.25, -0.2) is 0 Å². The van der Waals surface area contributed by atoms with E-state index in [1.54, 1.807) is 0 Å². The van der Waals surface area contributed by atoms with Crippen LogP contribution in [0.25, 0.3) is 10.9 Å². The van der Waals surface area contributed by atoms with Crippen LogP contribution in [0.15, 0.2) is 12.1 Å². The Morgan fingerprint density at radius 1 is 1.29 bits per heavy atom. The standard InChI is InChI=1S/C18H25N3/c1-5-21-7-6-17-16(11-21)15(10-19-4)14-9-12(2)8-13(3)18(14)20-17/h8-9,19H,5-7,10-11H2,1-4H3. The molecule has 0 spiro atoms. The molecule has 2 heterocycles. The molecule has 1 aromatic heterocycles. The molecule has 0 bridgehead atoms. The third kappa shape index (κ3) is 2.56. The summed E-state index contributed by atoms with van der Waals surface area (Å²) in [5, 5.41) is 4.68. The van der Waals surface area contributed by atoms with E-state index in [1.165, 1.54) is 38.9 Å². The second kappa shape index (κ2) is 5.74. The largest absolute Gasteiger partial charge is 0.316 e. The number of aryl methyl sites for hydroxylation is 2. The summed E-state index contributed by atoms with van der Waals surface area (Å²) < 4.78 is 0. The fourth-order valence-corrected chi connectivity index (χ4v) is 3.49. The van der Waals surface area contributed by atoms with Gasteiger partial charge in [0.1, 0.15) is 0 Å². The van der Waals surface area contributed by atoms with Crippen LogP contribution in [0.5, 0.6) is 0 Å². The van der Waals surface area contributed by atoms with Crippen LogP contribution in [0.4, 0.5) is 0 Å². The second-order valence-electron chi connectivity index (χ2n) is 6.14. The van der Waals surface area contributed by atoms with Crippen molar-refractivity contribution in [2.45, 2.75) is 40.3 Å². The van der Waals surface area contributed by atoms with Crippen LogP contribution in [-0.4, -0.2) is 30.0 Å². The lowest BCUT2D eigenvalue weighted by Crippen LogP contribution is -2.32. The molecule has 0 amide bonds. The Morgan fingerprint density at radius 3 is 2.81 bits per heavy atom. The highest BCUT2D eigenvalue weighted by atomic mass is 15.1. The van der Waals surface area contributed by atoms with E-state index in [4.69, 9.17) is 4.98 Å². The summed E-state index contributed by atoms with van der Waals surface area (Å²) in [5.41, 5.74) is 8.02. The van der Waals surface area contributed by atoms with E-state index in [2.05, 4.69) is 43.1 Å². The Labute approximate surface area is 127 Å². The summed E-state index contributed by atoms with van der Waals surface area (Å²) in [6.07, 6.45) is 1.07. The summed E-state index contributed by atoms with van der Waals surface area (Å²) in [4.78, 5) is 7.53. The first kappa shape index (κ1) is 14.5. The van der Waals surface area contributed by atoms with Crippen molar-refractivity contribution in [3.8, 4) is 0 Å². The van der Waals surface area contributed by atoms with Crippen LogP contribution in [0.2, 0.25) is 0 Å². The topological polar surface area (TPSA) is 28.2 Å². The van der Waals surface area contributed by atoms with Crippen molar-refractivity contribution < 1.29 is 0 Å². The van der Waals surface area contributed by atoms with Crippen molar-refractivity contribution in [3.05, 3.63) is 40.1 Å². The number of rotatable bonds is 3. The predicted octanol–water partition coefficient (Wildman–Crippen LogP) is 2.95. The summed E-state index contributed by atoms with van der Waals surface area (Å²) >= 11 is 0. The summed E-state index contributed by atoms with van der Waals surface area (Å²) in [6, 6.07) is 4.54. The first-order valence-corrected chi connectivity index (χ1v) is 7.92. The van der Waals surface area contributed by atoms with Gasteiger partial charge >= 0.3 is 0 Å². The molecule has 0 unspecified atom stereocenters. The number of pyridine rings is 1. The highest BCUT2D eigenvalue weighted by Gasteiger charge is 2.21. The molecular weight excluding hydrogens is 258 g/mol. The monoisotopic (exact) mass is 283 g/mol. The van der Waals surface area contributed by atoms with Crippen LogP contribution in [0.1, 0.15) is 34.9 Å². The maximum Gasteiger partial charge on any atom is 0.0738 e. The van der Waals surface area contributed by atoms with Gasteiger partial charge < -0.3 is 5.32 Å². The van der Waals surface area contributed by atoms with Crippen molar-refractivity contribution in [2.24, 2.45) is 0 Å². The molecule has 3 heteroatoms. The molecule has 21 heavy (non-hydrogen) atoms. The molecule has 3 nitrogen and oxygen atoms in total. The number of benzene rings is 1. The van der Waals surface area contributed by atoms with Crippen molar-refractivity contribution in [2.75, 3.05) is 20.1 Å². The van der Waals surface area contributed by atoms with E-state index in [0.717, 1.165) is 32.6 Å². The lowest BCUT2D eigenvalue weighted by atomic mass is 9.93. The highest BCUT2D eigenvalue weighted by Crippen LogP contribution is 2.30. The van der Waals surface area contributed by atoms with Crippen LogP contribution in [0.3, 0.4) is 0 Å². The quantitative estimate of drug-likeness (QED) is 0.938. The molecule has 2 aromatic rings. The zero-order chi connectivity index (χ0) is 15.0. The van der Waals surface area contributed by atoms with E-state index in [-0.39, 0.29) is 0 Å². The molecule has 0 atom stereocenters. The molecule has 1 aliphatic heterocycles. The predicted molar refractivity (Wildman–Crippen MR) is 88.6 cm³/mol. The van der Waals surface area contributed by atoms with Crippen molar-refractivity contribution >= 4 is 10.9 Å². The summed E-state index contributed by atoms with van der Waals surface area (Å²) in [7, 11) is 2.03. The molecule has 1 aliphatic rings. The van der Waals surface area contributed by atoms with Gasteiger partial charge in [-0.15, -0.1) is 0 Å². The van der Waals surface area contributed by atoms with E-state index >= 15 is 0 Å². The van der Waals surface area contributed by atoms with E-state index in [0.29, 0.717) is 0 Å². The second-order valence-corrected chi connectivity index (χ2v) is 6.14. The molecule has 0 radical (unpaired) electrons. The minimum absolute atomic E-state index is 0.918. The van der Waals surface area contributed by atoms with Crippen LogP contribution < -0.4 is 5.32 Å². The third-order valence-electron chi connectivity index (χ3n) is 4.58. The first-order chi connectivity index (χ1) is 10.1. The van der Waals surface area contributed by atoms with E-state index in [9.17, 15) is 0 Å². The lowest BCUT2D eigenvalue weighted by Gasteiger charge is -2.29. The Morgan fingerprint density at radius 2 is 2.10 bits per heavy atom. The average molecular weight is 283 g/mol. The lowest BCUT2D eigenvalue weighted by molar-refractivity contribution is 0.265. The number of hydrogen-bond donors (Lipinski definition) is 1. The van der Waals surface area contributed by atoms with Crippen LogP contribution in [-0.2, 0) is 19.5 Å². The van der Waals surface area contributed by atoms with Gasteiger partial charge in [0.2, 0.25) is 0 Å². The van der Waals surface area contributed by atoms with Gasteiger partial charge in [0.25, 0.3) is 0 Å². The average Bonchev–Trinajstić information content (AvgIpc) is 2.47. The maximum absolute atomic E-state index is 5.01. The van der Waals surface area contributed by atoms with Gasteiger partial charge in [-0.3, -0.25) is 9.88 Å². The zero-order valence-corrected chi connectivity index (χ0v) is 13.6. The van der Waals surface area contributed by atoms with Crippen molar-refractivity contribution in [1.82, 2.24) is 15.2 Å². The Kier molecular flexibility index (Phi) is 3.96. The fraction of sp³-hybridized carbons (Fsp3) is 0.500. The van der Waals surface area contributed by atoms with Crippen molar-refractivity contribution in [1.29, 1.82) is 0 Å². The van der Waals surface area contributed by atoms with Gasteiger partial charge in [-0.1, -0.05) is 18.6 Å². The molecule has 0 fully saturated rings. The summed E-state index contributed by atoms with van der Waals surface area (Å²) in [5.74, 6) is 0. The molecule has 3 rings (SSSR count). The minimum atomic E-state index is 0.918.